The number of ether oxygens (including phenoxy) is 1. The summed E-state index contributed by atoms with van der Waals surface area (Å²) < 4.78 is 10.2. The van der Waals surface area contributed by atoms with E-state index in [1.165, 1.54) is 6.39 Å². The molecule has 0 aliphatic rings. The van der Waals surface area contributed by atoms with Crippen LogP contribution in [-0.4, -0.2) is 11.0 Å². The molecule has 0 atom stereocenters. The van der Waals surface area contributed by atoms with Gasteiger partial charge in [-0.2, -0.15) is 0 Å². The maximum Gasteiger partial charge on any atom is 0.313 e. The molecule has 0 saturated heterocycles. The van der Waals surface area contributed by atoms with Gasteiger partial charge in [0.15, 0.2) is 12.0 Å². The number of carbonyl (C=O) groups excluding carboxylic acids is 1. The van der Waals surface area contributed by atoms with Crippen LogP contribution in [0.1, 0.15) is 13.8 Å². The molecule has 1 heterocycles. The van der Waals surface area contributed by atoms with Crippen molar-refractivity contribution in [1.29, 1.82) is 0 Å². The monoisotopic (exact) mass is 205 g/mol. The van der Waals surface area contributed by atoms with Crippen LogP contribution >= 0.6 is 0 Å². The lowest BCUT2D eigenvalue weighted by molar-refractivity contribution is -0.137. The van der Waals surface area contributed by atoms with Crippen molar-refractivity contribution in [1.82, 2.24) is 4.98 Å². The average molecular weight is 205 g/mol. The minimum absolute atomic E-state index is 0.141. The van der Waals surface area contributed by atoms with Gasteiger partial charge < -0.3 is 9.15 Å². The number of hydrogen-bond acceptors (Lipinski definition) is 4. The number of hydrogen-bond donors (Lipinski definition) is 0. The Morgan fingerprint density at radius 1 is 1.47 bits per heavy atom. The zero-order valence-corrected chi connectivity index (χ0v) is 8.56. The largest absolute Gasteiger partial charge is 0.443 e. The Bertz CT molecular complexity index is 487. The minimum atomic E-state index is -0.252. The van der Waals surface area contributed by atoms with Crippen LogP contribution < -0.4 is 4.74 Å². The van der Waals surface area contributed by atoms with Crippen LogP contribution in [0.5, 0.6) is 5.75 Å². The van der Waals surface area contributed by atoms with Crippen molar-refractivity contribution >= 4 is 17.1 Å². The molecule has 0 fully saturated rings. The first-order valence-electron chi connectivity index (χ1n) is 4.72. The van der Waals surface area contributed by atoms with Crippen molar-refractivity contribution in [3.05, 3.63) is 24.6 Å². The lowest BCUT2D eigenvalue weighted by Crippen LogP contribution is -2.14. The van der Waals surface area contributed by atoms with Gasteiger partial charge in [0.1, 0.15) is 11.3 Å². The van der Waals surface area contributed by atoms with Gasteiger partial charge in [0.2, 0.25) is 0 Å². The molecule has 0 N–H and O–H groups in total. The highest BCUT2D eigenvalue weighted by Gasteiger charge is 2.10. The molecule has 15 heavy (non-hydrogen) atoms. The Balaban J connectivity index is 2.25. The van der Waals surface area contributed by atoms with E-state index in [2.05, 4.69) is 4.98 Å². The van der Waals surface area contributed by atoms with Crippen molar-refractivity contribution in [2.45, 2.75) is 13.8 Å². The Labute approximate surface area is 86.9 Å². The van der Waals surface area contributed by atoms with E-state index in [-0.39, 0.29) is 11.9 Å². The van der Waals surface area contributed by atoms with Crippen molar-refractivity contribution in [2.24, 2.45) is 5.92 Å². The quantitative estimate of drug-likeness (QED) is 0.558. The Morgan fingerprint density at radius 3 is 3.00 bits per heavy atom. The fourth-order valence-corrected chi connectivity index (χ4v) is 1.14. The van der Waals surface area contributed by atoms with Crippen molar-refractivity contribution in [2.75, 3.05) is 0 Å². The second-order valence-electron chi connectivity index (χ2n) is 3.56. The molecule has 0 bridgehead atoms. The highest BCUT2D eigenvalue weighted by molar-refractivity contribution is 5.78. The molecule has 1 aromatic carbocycles. The summed E-state index contributed by atoms with van der Waals surface area (Å²) in [6.07, 6.45) is 1.36. The summed E-state index contributed by atoms with van der Waals surface area (Å²) in [6.45, 7) is 3.58. The zero-order chi connectivity index (χ0) is 10.8. The second-order valence-corrected chi connectivity index (χ2v) is 3.56. The number of nitrogens with zero attached hydrogens (tertiary/aromatic N) is 1. The summed E-state index contributed by atoms with van der Waals surface area (Å²) >= 11 is 0. The number of rotatable bonds is 2. The van der Waals surface area contributed by atoms with Gasteiger partial charge in [-0.25, -0.2) is 4.98 Å². The summed E-state index contributed by atoms with van der Waals surface area (Å²) in [5.74, 6) is 0.103. The van der Waals surface area contributed by atoms with Gasteiger partial charge in [0.05, 0.1) is 5.92 Å². The third-order valence-corrected chi connectivity index (χ3v) is 1.99. The molecule has 0 aliphatic heterocycles. The van der Waals surface area contributed by atoms with E-state index in [1.54, 1.807) is 32.0 Å². The van der Waals surface area contributed by atoms with E-state index in [0.29, 0.717) is 16.8 Å². The Morgan fingerprint density at radius 2 is 2.27 bits per heavy atom. The van der Waals surface area contributed by atoms with Crippen LogP contribution in [0.25, 0.3) is 11.1 Å². The predicted molar refractivity (Wildman–Crippen MR) is 54.5 cm³/mol. The summed E-state index contributed by atoms with van der Waals surface area (Å²) in [7, 11) is 0. The van der Waals surface area contributed by atoms with Crippen LogP contribution in [0.15, 0.2) is 29.0 Å². The number of fused-ring (bicyclic) bond motifs is 1. The lowest BCUT2D eigenvalue weighted by atomic mass is 10.2. The van der Waals surface area contributed by atoms with Gasteiger partial charge in [0.25, 0.3) is 0 Å². The predicted octanol–water partition coefficient (Wildman–Crippen LogP) is 2.39. The van der Waals surface area contributed by atoms with Crippen LogP contribution in [0.3, 0.4) is 0 Å². The fourth-order valence-electron chi connectivity index (χ4n) is 1.14. The molecule has 0 unspecified atom stereocenters. The summed E-state index contributed by atoms with van der Waals surface area (Å²) in [4.78, 5) is 15.3. The molecule has 0 spiro atoms. The van der Waals surface area contributed by atoms with Crippen LogP contribution in [-0.2, 0) is 4.79 Å². The highest BCUT2D eigenvalue weighted by atomic mass is 16.5. The molecule has 1 aromatic heterocycles. The van der Waals surface area contributed by atoms with Gasteiger partial charge in [-0.05, 0) is 12.1 Å². The number of oxazole rings is 1. The smallest absolute Gasteiger partial charge is 0.313 e. The number of benzene rings is 1. The minimum Gasteiger partial charge on any atom is -0.443 e. The number of aromatic nitrogens is 1. The Kier molecular flexibility index (Phi) is 2.41. The molecule has 78 valence electrons. The number of carbonyl (C=O) groups is 1. The molecule has 0 radical (unpaired) electrons. The third kappa shape index (κ3) is 1.98. The maximum atomic E-state index is 11.3. The van der Waals surface area contributed by atoms with E-state index in [9.17, 15) is 4.79 Å². The van der Waals surface area contributed by atoms with E-state index in [4.69, 9.17) is 9.15 Å². The Hall–Kier alpha value is -1.84. The van der Waals surface area contributed by atoms with Gasteiger partial charge >= 0.3 is 5.97 Å². The standard InChI is InChI=1S/C11H11NO3/c1-7(2)11(13)15-8-3-4-10-9(5-8)12-6-14-10/h3-7H,1-2H3. The molecule has 0 saturated carbocycles. The van der Waals surface area contributed by atoms with Gasteiger partial charge in [-0.15, -0.1) is 0 Å². The molecule has 0 amide bonds. The van der Waals surface area contributed by atoms with Gasteiger partial charge in [-0.1, -0.05) is 13.8 Å². The summed E-state index contributed by atoms with van der Waals surface area (Å²) in [5, 5.41) is 0. The van der Waals surface area contributed by atoms with Crippen LogP contribution in [0.4, 0.5) is 0 Å². The van der Waals surface area contributed by atoms with E-state index in [0.717, 1.165) is 0 Å². The molecular weight excluding hydrogens is 194 g/mol. The molecule has 4 nitrogen and oxygen atoms in total. The molecular formula is C11H11NO3. The average Bonchev–Trinajstić information content (AvgIpc) is 2.64. The second kappa shape index (κ2) is 3.73. The maximum absolute atomic E-state index is 11.3. The van der Waals surface area contributed by atoms with Crippen molar-refractivity contribution in [3.8, 4) is 5.75 Å². The van der Waals surface area contributed by atoms with E-state index in [1.807, 2.05) is 0 Å². The molecule has 0 aliphatic carbocycles. The van der Waals surface area contributed by atoms with Crippen molar-refractivity contribution < 1.29 is 13.9 Å². The van der Waals surface area contributed by atoms with Crippen LogP contribution in [0.2, 0.25) is 0 Å². The first-order chi connectivity index (χ1) is 7.16. The molecule has 2 rings (SSSR count). The first kappa shape index (κ1) is 9.71. The van der Waals surface area contributed by atoms with Gasteiger partial charge in [-0.3, -0.25) is 4.79 Å². The summed E-state index contributed by atoms with van der Waals surface area (Å²) in [5.41, 5.74) is 1.36. The number of esters is 1. The zero-order valence-electron chi connectivity index (χ0n) is 8.56. The van der Waals surface area contributed by atoms with Crippen LogP contribution in [0, 0.1) is 5.92 Å². The summed E-state index contributed by atoms with van der Waals surface area (Å²) in [6, 6.07) is 5.10. The third-order valence-electron chi connectivity index (χ3n) is 1.99. The SMILES string of the molecule is CC(C)C(=O)Oc1ccc2ocnc2c1. The highest BCUT2D eigenvalue weighted by Crippen LogP contribution is 2.20. The van der Waals surface area contributed by atoms with Crippen molar-refractivity contribution in [3.63, 3.8) is 0 Å². The lowest BCUT2D eigenvalue weighted by Gasteiger charge is -2.05. The first-order valence-corrected chi connectivity index (χ1v) is 4.72. The topological polar surface area (TPSA) is 52.3 Å². The molecule has 2 aromatic rings. The molecule has 4 heteroatoms. The van der Waals surface area contributed by atoms with E-state index >= 15 is 0 Å². The normalized spacial score (nSPS) is 10.9. The van der Waals surface area contributed by atoms with Gasteiger partial charge in [0, 0.05) is 6.07 Å². The van der Waals surface area contributed by atoms with E-state index < -0.39 is 0 Å². The fraction of sp³-hybridized carbons (Fsp3) is 0.273.